The van der Waals surface area contributed by atoms with Gasteiger partial charge in [0.05, 0.1) is 6.54 Å². The number of likely N-dealkylation sites (tertiary alicyclic amines) is 1. The highest BCUT2D eigenvalue weighted by Crippen LogP contribution is 2.18. The van der Waals surface area contributed by atoms with Crippen LogP contribution in [0.15, 0.2) is 40.8 Å². The summed E-state index contributed by atoms with van der Waals surface area (Å²) in [7, 11) is 0. The standard InChI is InChI=1S/C17H20N2O3/c20-14-6-4-5-13(11-14)18-17(21)16-8-7-15(22-16)12-19-9-2-1-3-10-19/h4-8,11,20H,1-3,9-10,12H2,(H,18,21). The second-order valence-corrected chi connectivity index (χ2v) is 5.61. The molecule has 1 aliphatic heterocycles. The number of hydrogen-bond donors (Lipinski definition) is 2. The van der Waals surface area contributed by atoms with Crippen molar-refractivity contribution in [1.29, 1.82) is 0 Å². The Morgan fingerprint density at radius 2 is 2.00 bits per heavy atom. The van der Waals surface area contributed by atoms with Crippen LogP contribution in [0.25, 0.3) is 0 Å². The van der Waals surface area contributed by atoms with Crippen molar-refractivity contribution in [2.45, 2.75) is 25.8 Å². The van der Waals surface area contributed by atoms with Crippen molar-refractivity contribution in [2.75, 3.05) is 18.4 Å². The third-order valence-electron chi connectivity index (χ3n) is 3.82. The van der Waals surface area contributed by atoms with Gasteiger partial charge in [-0.3, -0.25) is 9.69 Å². The summed E-state index contributed by atoms with van der Waals surface area (Å²) in [5.74, 6) is 0.900. The van der Waals surface area contributed by atoms with E-state index < -0.39 is 0 Å². The maximum Gasteiger partial charge on any atom is 0.291 e. The number of carbonyl (C=O) groups is 1. The fourth-order valence-corrected chi connectivity index (χ4v) is 2.70. The Balaban J connectivity index is 1.61. The van der Waals surface area contributed by atoms with Crippen LogP contribution in [0.1, 0.15) is 35.6 Å². The lowest BCUT2D eigenvalue weighted by Crippen LogP contribution is -2.28. The van der Waals surface area contributed by atoms with Gasteiger partial charge in [0.15, 0.2) is 5.76 Å². The zero-order chi connectivity index (χ0) is 15.4. The molecule has 1 amide bonds. The number of piperidine rings is 1. The number of aromatic hydroxyl groups is 1. The first kappa shape index (κ1) is 14.7. The molecule has 0 spiro atoms. The van der Waals surface area contributed by atoms with E-state index in [2.05, 4.69) is 10.2 Å². The van der Waals surface area contributed by atoms with Crippen LogP contribution in [0, 0.1) is 0 Å². The largest absolute Gasteiger partial charge is 0.508 e. The molecule has 0 bridgehead atoms. The third-order valence-corrected chi connectivity index (χ3v) is 3.82. The van der Waals surface area contributed by atoms with E-state index in [9.17, 15) is 9.90 Å². The quantitative estimate of drug-likeness (QED) is 0.910. The Hall–Kier alpha value is -2.27. The van der Waals surface area contributed by atoms with E-state index in [4.69, 9.17) is 4.42 Å². The normalized spacial score (nSPS) is 15.6. The molecule has 1 saturated heterocycles. The molecule has 0 radical (unpaired) electrons. The minimum Gasteiger partial charge on any atom is -0.508 e. The Bertz CT molecular complexity index is 645. The predicted molar refractivity (Wildman–Crippen MR) is 83.9 cm³/mol. The fraction of sp³-hybridized carbons (Fsp3) is 0.353. The maximum absolute atomic E-state index is 12.1. The summed E-state index contributed by atoms with van der Waals surface area (Å²) in [4.78, 5) is 14.5. The lowest BCUT2D eigenvalue weighted by Gasteiger charge is -2.25. The monoisotopic (exact) mass is 300 g/mol. The summed E-state index contributed by atoms with van der Waals surface area (Å²) >= 11 is 0. The maximum atomic E-state index is 12.1. The number of nitrogens with one attached hydrogen (secondary N) is 1. The van der Waals surface area contributed by atoms with Gasteiger partial charge >= 0.3 is 0 Å². The van der Waals surface area contributed by atoms with Crippen molar-refractivity contribution in [2.24, 2.45) is 0 Å². The van der Waals surface area contributed by atoms with Gasteiger partial charge in [0.1, 0.15) is 11.5 Å². The number of benzene rings is 1. The molecule has 2 aromatic rings. The molecule has 0 aliphatic carbocycles. The molecule has 1 fully saturated rings. The Morgan fingerprint density at radius 1 is 1.18 bits per heavy atom. The molecule has 0 unspecified atom stereocenters. The van der Waals surface area contributed by atoms with Crippen LogP contribution in [0.3, 0.4) is 0 Å². The van der Waals surface area contributed by atoms with Crippen LogP contribution in [-0.4, -0.2) is 29.0 Å². The first-order valence-electron chi connectivity index (χ1n) is 7.62. The smallest absolute Gasteiger partial charge is 0.291 e. The molecule has 1 aliphatic rings. The summed E-state index contributed by atoms with van der Waals surface area (Å²) in [6, 6.07) is 9.99. The van der Waals surface area contributed by atoms with Crippen LogP contribution in [0.2, 0.25) is 0 Å². The molecule has 0 atom stereocenters. The molecule has 116 valence electrons. The zero-order valence-electron chi connectivity index (χ0n) is 12.4. The number of amides is 1. The second kappa shape index (κ2) is 6.66. The van der Waals surface area contributed by atoms with Crippen molar-refractivity contribution in [3.63, 3.8) is 0 Å². The van der Waals surface area contributed by atoms with Gasteiger partial charge in [-0.25, -0.2) is 0 Å². The van der Waals surface area contributed by atoms with Gasteiger partial charge in [0.25, 0.3) is 5.91 Å². The zero-order valence-corrected chi connectivity index (χ0v) is 12.4. The van der Waals surface area contributed by atoms with Crippen LogP contribution < -0.4 is 5.32 Å². The number of anilines is 1. The van der Waals surface area contributed by atoms with Gasteiger partial charge in [-0.15, -0.1) is 0 Å². The number of nitrogens with zero attached hydrogens (tertiary/aromatic N) is 1. The number of phenolic OH excluding ortho intramolecular Hbond substituents is 1. The molecular formula is C17H20N2O3. The van der Waals surface area contributed by atoms with Crippen molar-refractivity contribution < 1.29 is 14.3 Å². The van der Waals surface area contributed by atoms with Gasteiger partial charge in [-0.2, -0.15) is 0 Å². The van der Waals surface area contributed by atoms with E-state index in [1.807, 2.05) is 6.07 Å². The summed E-state index contributed by atoms with van der Waals surface area (Å²) in [6.45, 7) is 2.93. The predicted octanol–water partition coefficient (Wildman–Crippen LogP) is 3.22. The number of hydrogen-bond acceptors (Lipinski definition) is 4. The average Bonchev–Trinajstić information content (AvgIpc) is 2.97. The van der Waals surface area contributed by atoms with Crippen LogP contribution in [0.4, 0.5) is 5.69 Å². The van der Waals surface area contributed by atoms with Gasteiger partial charge in [-0.1, -0.05) is 12.5 Å². The summed E-state index contributed by atoms with van der Waals surface area (Å²) in [5, 5.41) is 12.1. The van der Waals surface area contributed by atoms with E-state index in [0.29, 0.717) is 5.69 Å². The van der Waals surface area contributed by atoms with E-state index in [1.165, 1.54) is 25.3 Å². The van der Waals surface area contributed by atoms with Crippen molar-refractivity contribution in [3.05, 3.63) is 47.9 Å². The third kappa shape index (κ3) is 3.68. The molecule has 3 rings (SSSR count). The van der Waals surface area contributed by atoms with E-state index in [1.54, 1.807) is 24.3 Å². The summed E-state index contributed by atoms with van der Waals surface area (Å²) < 4.78 is 5.63. The Kier molecular flexibility index (Phi) is 4.44. The van der Waals surface area contributed by atoms with Crippen LogP contribution in [0.5, 0.6) is 5.75 Å². The first-order valence-corrected chi connectivity index (χ1v) is 7.62. The summed E-state index contributed by atoms with van der Waals surface area (Å²) in [5.41, 5.74) is 0.541. The van der Waals surface area contributed by atoms with Gasteiger partial charge in [0.2, 0.25) is 0 Å². The SMILES string of the molecule is O=C(Nc1cccc(O)c1)c1ccc(CN2CCCCC2)o1. The Labute approximate surface area is 129 Å². The highest BCUT2D eigenvalue weighted by molar-refractivity contribution is 6.02. The number of rotatable bonds is 4. The molecule has 1 aromatic heterocycles. The molecule has 2 heterocycles. The molecule has 22 heavy (non-hydrogen) atoms. The second-order valence-electron chi connectivity index (χ2n) is 5.61. The van der Waals surface area contributed by atoms with Crippen LogP contribution >= 0.6 is 0 Å². The minimum atomic E-state index is -0.310. The van der Waals surface area contributed by atoms with E-state index >= 15 is 0 Å². The Morgan fingerprint density at radius 3 is 2.77 bits per heavy atom. The van der Waals surface area contributed by atoms with Gasteiger partial charge in [0, 0.05) is 11.8 Å². The van der Waals surface area contributed by atoms with Gasteiger partial charge < -0.3 is 14.8 Å². The highest BCUT2D eigenvalue weighted by Gasteiger charge is 2.15. The lowest BCUT2D eigenvalue weighted by molar-refractivity contribution is 0.0992. The van der Waals surface area contributed by atoms with Gasteiger partial charge in [-0.05, 0) is 50.2 Å². The molecule has 0 saturated carbocycles. The van der Waals surface area contributed by atoms with E-state index in [0.717, 1.165) is 25.4 Å². The summed E-state index contributed by atoms with van der Waals surface area (Å²) in [6.07, 6.45) is 3.75. The highest BCUT2D eigenvalue weighted by atomic mass is 16.4. The average molecular weight is 300 g/mol. The van der Waals surface area contributed by atoms with Crippen molar-refractivity contribution in [3.8, 4) is 5.75 Å². The fourth-order valence-electron chi connectivity index (χ4n) is 2.70. The lowest BCUT2D eigenvalue weighted by atomic mass is 10.1. The first-order chi connectivity index (χ1) is 10.7. The molecule has 5 nitrogen and oxygen atoms in total. The molecule has 1 aromatic carbocycles. The van der Waals surface area contributed by atoms with E-state index in [-0.39, 0.29) is 17.4 Å². The molecular weight excluding hydrogens is 280 g/mol. The number of phenols is 1. The number of carbonyl (C=O) groups excluding carboxylic acids is 1. The van der Waals surface area contributed by atoms with Crippen molar-refractivity contribution in [1.82, 2.24) is 4.90 Å². The topological polar surface area (TPSA) is 65.7 Å². The van der Waals surface area contributed by atoms with Crippen molar-refractivity contribution >= 4 is 11.6 Å². The molecule has 5 heteroatoms. The van der Waals surface area contributed by atoms with Crippen LogP contribution in [-0.2, 0) is 6.54 Å². The number of furan rings is 1. The molecule has 2 N–H and O–H groups in total. The minimum absolute atomic E-state index is 0.114.